The quantitative estimate of drug-likeness (QED) is 0.362. The summed E-state index contributed by atoms with van der Waals surface area (Å²) in [4.78, 5) is 57.1. The van der Waals surface area contributed by atoms with Gasteiger partial charge >= 0.3 is 12.2 Å². The van der Waals surface area contributed by atoms with E-state index < -0.39 is 35.2 Å². The Kier molecular flexibility index (Phi) is 8.40. The summed E-state index contributed by atoms with van der Waals surface area (Å²) in [6.07, 6.45) is 4.56. The van der Waals surface area contributed by atoms with Crippen LogP contribution in [0.25, 0.3) is 5.70 Å². The number of allylic oxidation sites excluding steroid dienone is 4. The van der Waals surface area contributed by atoms with Gasteiger partial charge in [0.05, 0.1) is 22.5 Å². The molecule has 0 radical (unpaired) electrons. The average Bonchev–Trinajstić information content (AvgIpc) is 3.28. The van der Waals surface area contributed by atoms with Crippen molar-refractivity contribution in [2.24, 2.45) is 0 Å². The number of fused-ring (bicyclic) bond motifs is 1. The van der Waals surface area contributed by atoms with E-state index in [0.717, 1.165) is 15.4 Å². The molecular weight excluding hydrogens is 520 g/mol. The number of hydrogen-bond donors (Lipinski definition) is 0. The SMILES string of the molecule is C=C/C=C(\C=C/C)C1=C2C(=O)N(C(=O)OC(C)(C)C)C(c3ccc(C(C)(C)C)cc3)=C2C(=O)N1C(=O)OC(C)(C)C. The Morgan fingerprint density at radius 1 is 0.780 bits per heavy atom. The molecule has 0 spiro atoms. The van der Waals surface area contributed by atoms with Gasteiger partial charge in [-0.2, -0.15) is 0 Å². The predicted octanol–water partition coefficient (Wildman–Crippen LogP) is 7.19. The Morgan fingerprint density at radius 2 is 1.27 bits per heavy atom. The van der Waals surface area contributed by atoms with Crippen molar-refractivity contribution in [2.75, 3.05) is 0 Å². The number of ether oxygens (including phenoxy) is 2. The number of hydrogen-bond acceptors (Lipinski definition) is 6. The highest BCUT2D eigenvalue weighted by molar-refractivity contribution is 6.31. The van der Waals surface area contributed by atoms with E-state index in [9.17, 15) is 19.2 Å². The summed E-state index contributed by atoms with van der Waals surface area (Å²) in [5.74, 6) is -1.56. The van der Waals surface area contributed by atoms with E-state index in [1.807, 2.05) is 12.1 Å². The highest BCUT2D eigenvalue weighted by Gasteiger charge is 2.54. The number of carbonyl (C=O) groups excluding carboxylic acids is 4. The summed E-state index contributed by atoms with van der Waals surface area (Å²) in [6, 6.07) is 7.28. The van der Waals surface area contributed by atoms with Gasteiger partial charge < -0.3 is 9.47 Å². The van der Waals surface area contributed by atoms with Crippen LogP contribution in [0.5, 0.6) is 0 Å². The zero-order chi connectivity index (χ0) is 31.1. The van der Waals surface area contributed by atoms with E-state index in [1.54, 1.807) is 78.8 Å². The maximum atomic E-state index is 14.2. The van der Waals surface area contributed by atoms with Crippen molar-refractivity contribution < 1.29 is 28.7 Å². The molecular formula is C33H40N2O6. The second-order valence-electron chi connectivity index (χ2n) is 12.9. The van der Waals surface area contributed by atoms with E-state index in [2.05, 4.69) is 27.4 Å². The van der Waals surface area contributed by atoms with Gasteiger partial charge in [-0.1, -0.05) is 75.9 Å². The second-order valence-corrected chi connectivity index (χ2v) is 12.9. The fourth-order valence-corrected chi connectivity index (χ4v) is 4.46. The lowest BCUT2D eigenvalue weighted by Gasteiger charge is -2.28. The monoisotopic (exact) mass is 560 g/mol. The van der Waals surface area contributed by atoms with E-state index >= 15 is 0 Å². The average molecular weight is 561 g/mol. The Balaban J connectivity index is 2.41. The summed E-state index contributed by atoms with van der Waals surface area (Å²) in [7, 11) is 0. The normalized spacial score (nSPS) is 16.7. The fourth-order valence-electron chi connectivity index (χ4n) is 4.46. The van der Waals surface area contributed by atoms with Crippen molar-refractivity contribution in [3.8, 4) is 0 Å². The molecule has 0 atom stereocenters. The topological polar surface area (TPSA) is 93.2 Å². The smallest absolute Gasteiger partial charge is 0.422 e. The number of imide groups is 2. The molecule has 1 aromatic rings. The zero-order valence-electron chi connectivity index (χ0n) is 25.7. The van der Waals surface area contributed by atoms with Crippen molar-refractivity contribution in [2.45, 2.75) is 85.9 Å². The molecule has 3 rings (SSSR count). The molecule has 0 aromatic heterocycles. The van der Waals surface area contributed by atoms with Crippen molar-refractivity contribution in [1.82, 2.24) is 9.80 Å². The molecule has 2 aliphatic heterocycles. The number of nitrogens with zero attached hydrogens (tertiary/aromatic N) is 2. The van der Waals surface area contributed by atoms with E-state index in [1.165, 1.54) is 6.08 Å². The van der Waals surface area contributed by atoms with Gasteiger partial charge in [0, 0.05) is 0 Å². The first-order valence-corrected chi connectivity index (χ1v) is 13.5. The van der Waals surface area contributed by atoms with Crippen LogP contribution in [-0.4, -0.2) is 45.0 Å². The van der Waals surface area contributed by atoms with Crippen LogP contribution < -0.4 is 0 Å². The van der Waals surface area contributed by atoms with Crippen molar-refractivity contribution in [3.63, 3.8) is 0 Å². The summed E-state index contributed by atoms with van der Waals surface area (Å²) >= 11 is 0. The third-order valence-electron chi connectivity index (χ3n) is 6.10. The minimum atomic E-state index is -0.939. The first kappa shape index (κ1) is 31.3. The van der Waals surface area contributed by atoms with Gasteiger partial charge in [-0.05, 0) is 70.6 Å². The molecule has 1 aromatic carbocycles. The predicted molar refractivity (Wildman–Crippen MR) is 158 cm³/mol. The van der Waals surface area contributed by atoms with Gasteiger partial charge in [0.25, 0.3) is 11.8 Å². The molecule has 0 unspecified atom stereocenters. The van der Waals surface area contributed by atoms with Gasteiger partial charge in [0.15, 0.2) is 0 Å². The van der Waals surface area contributed by atoms with Crippen LogP contribution in [0.15, 0.2) is 77.6 Å². The minimum absolute atomic E-state index is 0.0112. The minimum Gasteiger partial charge on any atom is -0.443 e. The molecule has 2 heterocycles. The second kappa shape index (κ2) is 11.0. The molecule has 8 nitrogen and oxygen atoms in total. The van der Waals surface area contributed by atoms with Crippen molar-refractivity contribution in [1.29, 1.82) is 0 Å². The highest BCUT2D eigenvalue weighted by Crippen LogP contribution is 2.46. The summed E-state index contributed by atoms with van der Waals surface area (Å²) in [6.45, 7) is 21.8. The van der Waals surface area contributed by atoms with Gasteiger partial charge in [-0.15, -0.1) is 0 Å². The molecule has 41 heavy (non-hydrogen) atoms. The Hall–Kier alpha value is -4.20. The maximum Gasteiger partial charge on any atom is 0.422 e. The Morgan fingerprint density at radius 3 is 1.71 bits per heavy atom. The Labute approximate surface area is 242 Å². The fraction of sp³-hybridized carbons (Fsp3) is 0.394. The van der Waals surface area contributed by atoms with E-state index in [4.69, 9.17) is 9.47 Å². The molecule has 0 saturated heterocycles. The largest absolute Gasteiger partial charge is 0.443 e. The van der Waals surface area contributed by atoms with E-state index in [0.29, 0.717) is 11.1 Å². The highest BCUT2D eigenvalue weighted by atomic mass is 16.6. The molecule has 0 aliphatic carbocycles. The number of rotatable bonds is 4. The molecule has 8 heteroatoms. The van der Waals surface area contributed by atoms with Crippen LogP contribution in [-0.2, 0) is 24.5 Å². The molecule has 0 N–H and O–H groups in total. The van der Waals surface area contributed by atoms with Crippen molar-refractivity contribution >= 4 is 29.7 Å². The summed E-state index contributed by atoms with van der Waals surface area (Å²) < 4.78 is 11.2. The zero-order valence-corrected chi connectivity index (χ0v) is 25.7. The van der Waals surface area contributed by atoms with Crippen LogP contribution in [0.3, 0.4) is 0 Å². The molecule has 218 valence electrons. The Bertz CT molecular complexity index is 1420. The third kappa shape index (κ3) is 6.42. The van der Waals surface area contributed by atoms with Gasteiger partial charge in [0.1, 0.15) is 11.2 Å². The van der Waals surface area contributed by atoms with Crippen LogP contribution >= 0.6 is 0 Å². The molecule has 2 aliphatic rings. The summed E-state index contributed by atoms with van der Waals surface area (Å²) in [5.41, 5.74) is -0.257. The molecule has 0 saturated carbocycles. The van der Waals surface area contributed by atoms with Gasteiger partial charge in [0.2, 0.25) is 0 Å². The van der Waals surface area contributed by atoms with E-state index in [-0.39, 0.29) is 28.0 Å². The van der Waals surface area contributed by atoms with Crippen LogP contribution in [0.4, 0.5) is 9.59 Å². The van der Waals surface area contributed by atoms with Crippen LogP contribution in [0, 0.1) is 0 Å². The lowest BCUT2D eigenvalue weighted by Crippen LogP contribution is -2.41. The first-order chi connectivity index (χ1) is 18.8. The number of benzene rings is 1. The third-order valence-corrected chi connectivity index (χ3v) is 6.10. The van der Waals surface area contributed by atoms with Crippen LogP contribution in [0.2, 0.25) is 0 Å². The molecule has 0 bridgehead atoms. The molecule has 4 amide bonds. The standard InChI is InChI=1S/C33H40N2O6/c1-12-14-20(15-13-2)25-23-24(28(37)34(25)29(38)40-32(6,7)8)26(21-16-18-22(19-17-21)31(3,4)5)35(27(23)36)30(39)41-33(9,10)11/h12-19H,1H2,2-11H3/b15-13-,20-14+. The molecule has 0 fully saturated rings. The maximum absolute atomic E-state index is 14.2. The number of carbonyl (C=O) groups is 4. The van der Waals surface area contributed by atoms with Crippen molar-refractivity contribution in [3.05, 3.63) is 88.7 Å². The van der Waals surface area contributed by atoms with Gasteiger partial charge in [-0.3, -0.25) is 9.59 Å². The lowest BCUT2D eigenvalue weighted by atomic mass is 9.86. The van der Waals surface area contributed by atoms with Gasteiger partial charge in [-0.25, -0.2) is 19.4 Å². The summed E-state index contributed by atoms with van der Waals surface area (Å²) in [5, 5.41) is 0. The first-order valence-electron chi connectivity index (χ1n) is 13.5. The van der Waals surface area contributed by atoms with Crippen LogP contribution in [0.1, 0.15) is 80.4 Å². The number of amides is 4. The lowest BCUT2D eigenvalue weighted by molar-refractivity contribution is -0.124.